The maximum Gasteiger partial charge on any atom is 0.326 e. The molecule has 0 unspecified atom stereocenters. The molecule has 2 bridgehead atoms. The van der Waals surface area contributed by atoms with Crippen molar-refractivity contribution < 1.29 is 33.8 Å². The molecule has 2 aliphatic heterocycles. The van der Waals surface area contributed by atoms with Crippen LogP contribution in [0.2, 0.25) is 0 Å². The lowest BCUT2D eigenvalue weighted by Gasteiger charge is -2.28. The minimum atomic E-state index is -1.25. The fourth-order valence-corrected chi connectivity index (χ4v) is 6.28. The second-order valence-electron chi connectivity index (χ2n) is 11.9. The SMILES string of the molecule is Cc1c2c3cc(ccc3n1C)OC[C@@H]1C[C@@H](NC(=O)Cc3ccccc3)CN1C(=O)CN(C)C(=O)CC[C@@H](C(=O)O)N(C)C2=O. The molecule has 2 aliphatic rings. The molecule has 0 saturated carbocycles. The van der Waals surface area contributed by atoms with Crippen LogP contribution in [0.5, 0.6) is 5.75 Å². The Labute approximate surface area is 261 Å². The molecule has 5 rings (SSSR count). The van der Waals surface area contributed by atoms with Gasteiger partial charge in [-0.05, 0) is 43.5 Å². The summed E-state index contributed by atoms with van der Waals surface area (Å²) in [6.07, 6.45) is 0.399. The molecule has 2 N–H and O–H groups in total. The van der Waals surface area contributed by atoms with Gasteiger partial charge in [-0.3, -0.25) is 19.2 Å². The van der Waals surface area contributed by atoms with Gasteiger partial charge < -0.3 is 34.4 Å². The Morgan fingerprint density at radius 3 is 2.47 bits per heavy atom. The number of carboxylic acid groups (broad SMARTS) is 1. The largest absolute Gasteiger partial charge is 0.491 e. The molecule has 3 atom stereocenters. The number of aliphatic carboxylic acids is 1. The molecular weight excluding hydrogens is 578 g/mol. The minimum absolute atomic E-state index is 0.116. The summed E-state index contributed by atoms with van der Waals surface area (Å²) in [4.78, 5) is 69.5. The molecule has 238 valence electrons. The van der Waals surface area contributed by atoms with E-state index in [0.29, 0.717) is 28.8 Å². The molecule has 4 amide bonds. The normalized spacial score (nSPS) is 21.6. The van der Waals surface area contributed by atoms with E-state index < -0.39 is 23.8 Å². The molecule has 1 saturated heterocycles. The van der Waals surface area contributed by atoms with E-state index in [4.69, 9.17) is 4.74 Å². The van der Waals surface area contributed by atoms with Gasteiger partial charge in [-0.15, -0.1) is 0 Å². The van der Waals surface area contributed by atoms with Crippen molar-refractivity contribution in [2.24, 2.45) is 7.05 Å². The number of hydrogen-bond acceptors (Lipinski definition) is 6. The monoisotopic (exact) mass is 617 g/mol. The zero-order valence-corrected chi connectivity index (χ0v) is 26.0. The fourth-order valence-electron chi connectivity index (χ4n) is 6.28. The van der Waals surface area contributed by atoms with E-state index in [9.17, 15) is 29.1 Å². The molecule has 2 aromatic carbocycles. The van der Waals surface area contributed by atoms with E-state index in [2.05, 4.69) is 5.32 Å². The number of amides is 4. The minimum Gasteiger partial charge on any atom is -0.491 e. The predicted molar refractivity (Wildman–Crippen MR) is 166 cm³/mol. The molecule has 0 spiro atoms. The van der Waals surface area contributed by atoms with Crippen LogP contribution in [0.25, 0.3) is 10.9 Å². The van der Waals surface area contributed by atoms with E-state index in [1.165, 1.54) is 19.0 Å². The average Bonchev–Trinajstić information content (AvgIpc) is 3.52. The zero-order chi connectivity index (χ0) is 32.4. The van der Waals surface area contributed by atoms with Crippen LogP contribution >= 0.6 is 0 Å². The number of carboxylic acids is 1. The van der Waals surface area contributed by atoms with Crippen molar-refractivity contribution in [3.8, 4) is 5.75 Å². The van der Waals surface area contributed by atoms with Gasteiger partial charge in [0.2, 0.25) is 17.7 Å². The van der Waals surface area contributed by atoms with Crippen LogP contribution in [0.4, 0.5) is 0 Å². The first-order chi connectivity index (χ1) is 21.4. The third-order valence-corrected chi connectivity index (χ3v) is 8.93. The first-order valence-electron chi connectivity index (χ1n) is 15.0. The van der Waals surface area contributed by atoms with Gasteiger partial charge in [0.25, 0.3) is 5.91 Å². The van der Waals surface area contributed by atoms with Crippen molar-refractivity contribution in [1.82, 2.24) is 24.6 Å². The van der Waals surface area contributed by atoms with Gasteiger partial charge in [-0.2, -0.15) is 0 Å². The number of carbonyl (C=O) groups excluding carboxylic acids is 4. The van der Waals surface area contributed by atoms with Gasteiger partial charge in [0.1, 0.15) is 18.4 Å². The summed E-state index contributed by atoms with van der Waals surface area (Å²) < 4.78 is 8.07. The molecular formula is C33H39N5O7. The van der Waals surface area contributed by atoms with Gasteiger partial charge in [0.05, 0.1) is 24.6 Å². The van der Waals surface area contributed by atoms with Crippen molar-refractivity contribution in [3.63, 3.8) is 0 Å². The Morgan fingerprint density at radius 2 is 1.76 bits per heavy atom. The summed E-state index contributed by atoms with van der Waals surface area (Å²) in [6.45, 7) is 1.98. The fraction of sp³-hybridized carbons (Fsp3) is 0.424. The van der Waals surface area contributed by atoms with Crippen LogP contribution in [-0.2, 0) is 32.6 Å². The highest BCUT2D eigenvalue weighted by atomic mass is 16.5. The maximum absolute atomic E-state index is 13.8. The Balaban J connectivity index is 1.44. The Bertz CT molecular complexity index is 1640. The molecule has 3 aromatic rings. The lowest BCUT2D eigenvalue weighted by molar-refractivity contribution is -0.143. The number of nitrogens with zero attached hydrogens (tertiary/aromatic N) is 4. The van der Waals surface area contributed by atoms with E-state index in [1.54, 1.807) is 24.0 Å². The van der Waals surface area contributed by atoms with Crippen LogP contribution in [0, 0.1) is 6.92 Å². The van der Waals surface area contributed by atoms with Gasteiger partial charge in [-0.1, -0.05) is 30.3 Å². The van der Waals surface area contributed by atoms with Crippen molar-refractivity contribution >= 4 is 40.5 Å². The van der Waals surface area contributed by atoms with E-state index in [0.717, 1.165) is 16.0 Å². The molecule has 12 heteroatoms. The summed E-state index contributed by atoms with van der Waals surface area (Å²) >= 11 is 0. The van der Waals surface area contributed by atoms with Gasteiger partial charge >= 0.3 is 5.97 Å². The summed E-state index contributed by atoms with van der Waals surface area (Å²) in [5.41, 5.74) is 2.68. The maximum atomic E-state index is 13.8. The Morgan fingerprint density at radius 1 is 1.02 bits per heavy atom. The first-order valence-corrected chi connectivity index (χ1v) is 15.0. The molecule has 3 heterocycles. The molecule has 0 aliphatic carbocycles. The topological polar surface area (TPSA) is 141 Å². The summed E-state index contributed by atoms with van der Waals surface area (Å²) in [5.74, 6) is -2.08. The number of ether oxygens (including phenoxy) is 1. The van der Waals surface area contributed by atoms with E-state index >= 15 is 0 Å². The van der Waals surface area contributed by atoms with Gasteiger partial charge in [0.15, 0.2) is 0 Å². The average molecular weight is 618 g/mol. The van der Waals surface area contributed by atoms with Crippen LogP contribution in [0.15, 0.2) is 48.5 Å². The number of likely N-dealkylation sites (N-methyl/N-ethyl adjacent to an activating group) is 2. The zero-order valence-electron chi connectivity index (χ0n) is 26.0. The number of hydrogen-bond donors (Lipinski definition) is 2. The number of rotatable bonds is 4. The smallest absolute Gasteiger partial charge is 0.326 e. The number of carbonyl (C=O) groups is 5. The van der Waals surface area contributed by atoms with Gasteiger partial charge in [-0.25, -0.2) is 4.79 Å². The Kier molecular flexibility index (Phi) is 9.12. The van der Waals surface area contributed by atoms with Crippen LogP contribution in [0.3, 0.4) is 0 Å². The highest BCUT2D eigenvalue weighted by Crippen LogP contribution is 2.31. The third kappa shape index (κ3) is 6.64. The standard InChI is InChI=1S/C33H39N5O7/c1-20-31-25-16-24(10-11-26(25)36(20)3)45-19-23-15-22(34-28(39)14-21-8-6-5-7-9-21)17-38(23)30(41)18-35(2)29(40)13-12-27(33(43)44)37(4)32(31)42/h5-11,16,22-23,27H,12-15,17-19H2,1-4H3,(H,34,39)(H,43,44)/t22-,23+,27+/m1/s1. The lowest BCUT2D eigenvalue weighted by atomic mass is 10.1. The quantitative estimate of drug-likeness (QED) is 0.456. The molecule has 1 fully saturated rings. The summed E-state index contributed by atoms with van der Waals surface area (Å²) in [5, 5.41) is 13.6. The molecule has 45 heavy (non-hydrogen) atoms. The van der Waals surface area contributed by atoms with E-state index in [-0.39, 0.29) is 62.9 Å². The molecule has 0 radical (unpaired) electrons. The Hall–Kier alpha value is -4.87. The lowest BCUT2D eigenvalue weighted by Crippen LogP contribution is -2.46. The van der Waals surface area contributed by atoms with Gasteiger partial charge in [0, 0.05) is 56.7 Å². The second-order valence-corrected chi connectivity index (χ2v) is 11.9. The van der Waals surface area contributed by atoms with Crippen LogP contribution < -0.4 is 10.1 Å². The van der Waals surface area contributed by atoms with Crippen molar-refractivity contribution in [1.29, 1.82) is 0 Å². The molecule has 12 nitrogen and oxygen atoms in total. The number of aromatic nitrogens is 1. The van der Waals surface area contributed by atoms with Crippen LogP contribution in [-0.4, -0.2) is 106 Å². The highest BCUT2D eigenvalue weighted by Gasteiger charge is 2.38. The third-order valence-electron chi connectivity index (χ3n) is 8.93. The number of fused-ring (bicyclic) bond motifs is 2. The van der Waals surface area contributed by atoms with Crippen molar-refractivity contribution in [3.05, 3.63) is 65.4 Å². The van der Waals surface area contributed by atoms with E-state index in [1.807, 2.05) is 48.0 Å². The van der Waals surface area contributed by atoms with Crippen molar-refractivity contribution in [2.75, 3.05) is 33.8 Å². The predicted octanol–water partition coefficient (Wildman–Crippen LogP) is 1.97. The highest BCUT2D eigenvalue weighted by molar-refractivity contribution is 6.09. The summed E-state index contributed by atoms with van der Waals surface area (Å²) in [7, 11) is 4.75. The number of nitrogens with one attached hydrogen (secondary N) is 1. The second kappa shape index (κ2) is 13.0. The van der Waals surface area contributed by atoms with Crippen LogP contribution in [0.1, 0.15) is 40.9 Å². The van der Waals surface area contributed by atoms with Crippen molar-refractivity contribution in [2.45, 2.75) is 50.7 Å². The number of benzene rings is 2. The first kappa shape index (κ1) is 31.6. The summed E-state index contributed by atoms with van der Waals surface area (Å²) in [6, 6.07) is 12.9. The number of aryl methyl sites for hydroxylation is 1. The molecule has 1 aromatic heterocycles.